The molecule has 1 amide bonds. The van der Waals surface area contributed by atoms with Crippen LogP contribution in [0.25, 0.3) is 0 Å². The van der Waals surface area contributed by atoms with Crippen LogP contribution in [0.5, 0.6) is 5.75 Å². The Balaban J connectivity index is 2.09. The molecule has 1 heterocycles. The van der Waals surface area contributed by atoms with Gasteiger partial charge in [0.15, 0.2) is 0 Å². The molecule has 0 aliphatic rings. The van der Waals surface area contributed by atoms with E-state index in [4.69, 9.17) is 33.8 Å². The molecule has 2 aromatic rings. The number of hydrazine groups is 1. The average molecular weight is 312 g/mol. The molecule has 20 heavy (non-hydrogen) atoms. The normalized spacial score (nSPS) is 10.2. The van der Waals surface area contributed by atoms with Crippen LogP contribution in [0.2, 0.25) is 10.0 Å². The number of aromatic nitrogens is 1. The second-order valence-corrected chi connectivity index (χ2v) is 4.75. The molecule has 2 rings (SSSR count). The Hall–Kier alpha value is -1.82. The number of ether oxygens (including phenoxy) is 1. The van der Waals surface area contributed by atoms with Crippen LogP contribution in [0, 0.1) is 0 Å². The molecule has 0 radical (unpaired) electrons. The molecule has 0 fully saturated rings. The average Bonchev–Trinajstić information content (AvgIpc) is 2.43. The standard InChI is InChI=1S/C13H11Cl2N3O2/c14-8-4-9(15)6-11(5-8)20-7-10-2-1-3-12(17-10)13(19)18-16/h1-6H,7,16H2,(H,18,19). The van der Waals surface area contributed by atoms with Crippen LogP contribution in [0.1, 0.15) is 16.2 Å². The zero-order chi connectivity index (χ0) is 14.5. The number of rotatable bonds is 4. The Labute approximate surface area is 125 Å². The van der Waals surface area contributed by atoms with E-state index in [1.54, 1.807) is 36.4 Å². The van der Waals surface area contributed by atoms with Crippen LogP contribution in [0.15, 0.2) is 36.4 Å². The first kappa shape index (κ1) is 14.6. The number of nitrogen functional groups attached to an aromatic ring is 1. The highest BCUT2D eigenvalue weighted by Crippen LogP contribution is 2.24. The molecule has 7 heteroatoms. The van der Waals surface area contributed by atoms with E-state index in [0.29, 0.717) is 21.5 Å². The van der Waals surface area contributed by atoms with Crippen LogP contribution in [0.4, 0.5) is 0 Å². The van der Waals surface area contributed by atoms with E-state index in [1.807, 2.05) is 5.43 Å². The number of carbonyl (C=O) groups is 1. The van der Waals surface area contributed by atoms with Gasteiger partial charge < -0.3 is 4.74 Å². The van der Waals surface area contributed by atoms with Gasteiger partial charge in [-0.25, -0.2) is 10.8 Å². The van der Waals surface area contributed by atoms with E-state index >= 15 is 0 Å². The minimum absolute atomic E-state index is 0.183. The van der Waals surface area contributed by atoms with Gasteiger partial charge >= 0.3 is 0 Å². The summed E-state index contributed by atoms with van der Waals surface area (Å²) in [7, 11) is 0. The molecule has 0 unspecified atom stereocenters. The Morgan fingerprint density at radius 1 is 1.25 bits per heavy atom. The largest absolute Gasteiger partial charge is 0.487 e. The smallest absolute Gasteiger partial charge is 0.283 e. The highest BCUT2D eigenvalue weighted by Gasteiger charge is 2.06. The first-order valence-electron chi connectivity index (χ1n) is 5.64. The second-order valence-electron chi connectivity index (χ2n) is 3.88. The summed E-state index contributed by atoms with van der Waals surface area (Å²) in [6.07, 6.45) is 0. The topological polar surface area (TPSA) is 77.2 Å². The molecule has 0 bridgehead atoms. The molecule has 0 aliphatic heterocycles. The maximum absolute atomic E-state index is 11.4. The minimum Gasteiger partial charge on any atom is -0.487 e. The number of halogens is 2. The second kappa shape index (κ2) is 6.56. The van der Waals surface area contributed by atoms with Crippen molar-refractivity contribution in [2.24, 2.45) is 5.84 Å². The van der Waals surface area contributed by atoms with Crippen molar-refractivity contribution in [3.8, 4) is 5.75 Å². The highest BCUT2D eigenvalue weighted by molar-refractivity contribution is 6.34. The third-order valence-electron chi connectivity index (χ3n) is 2.39. The van der Waals surface area contributed by atoms with Gasteiger partial charge in [-0.05, 0) is 30.3 Å². The maximum atomic E-state index is 11.4. The number of hydrogen-bond acceptors (Lipinski definition) is 4. The van der Waals surface area contributed by atoms with Gasteiger partial charge in [0.1, 0.15) is 18.1 Å². The molecular weight excluding hydrogens is 301 g/mol. The lowest BCUT2D eigenvalue weighted by Gasteiger charge is -2.07. The molecule has 1 aromatic heterocycles. The van der Waals surface area contributed by atoms with Crippen molar-refractivity contribution in [2.45, 2.75) is 6.61 Å². The van der Waals surface area contributed by atoms with E-state index in [2.05, 4.69) is 4.98 Å². The van der Waals surface area contributed by atoms with Crippen LogP contribution >= 0.6 is 23.2 Å². The van der Waals surface area contributed by atoms with Crippen molar-refractivity contribution < 1.29 is 9.53 Å². The fourth-order valence-electron chi connectivity index (χ4n) is 1.53. The Morgan fingerprint density at radius 3 is 2.60 bits per heavy atom. The Morgan fingerprint density at radius 2 is 1.95 bits per heavy atom. The Bertz CT molecular complexity index is 615. The quantitative estimate of drug-likeness (QED) is 0.517. The highest BCUT2D eigenvalue weighted by atomic mass is 35.5. The summed E-state index contributed by atoms with van der Waals surface area (Å²) in [6, 6.07) is 9.89. The van der Waals surface area contributed by atoms with Crippen LogP contribution in [-0.2, 0) is 6.61 Å². The summed E-state index contributed by atoms with van der Waals surface area (Å²) in [5.74, 6) is 5.12. The number of amides is 1. The predicted molar refractivity (Wildman–Crippen MR) is 76.7 cm³/mol. The van der Waals surface area contributed by atoms with Crippen LogP contribution < -0.4 is 16.0 Å². The molecule has 0 atom stereocenters. The van der Waals surface area contributed by atoms with Gasteiger partial charge in [0, 0.05) is 10.0 Å². The maximum Gasteiger partial charge on any atom is 0.283 e. The van der Waals surface area contributed by atoms with Crippen LogP contribution in [0.3, 0.4) is 0 Å². The van der Waals surface area contributed by atoms with E-state index in [1.165, 1.54) is 0 Å². The third-order valence-corrected chi connectivity index (χ3v) is 2.83. The zero-order valence-electron chi connectivity index (χ0n) is 10.3. The molecule has 0 saturated heterocycles. The molecule has 104 valence electrons. The zero-order valence-corrected chi connectivity index (χ0v) is 11.8. The summed E-state index contributed by atoms with van der Waals surface area (Å²) in [4.78, 5) is 15.5. The monoisotopic (exact) mass is 311 g/mol. The SMILES string of the molecule is NNC(=O)c1cccc(COc2cc(Cl)cc(Cl)c2)n1. The molecule has 0 spiro atoms. The number of hydrogen-bond donors (Lipinski definition) is 2. The number of nitrogens with two attached hydrogens (primary N) is 1. The number of nitrogens with one attached hydrogen (secondary N) is 1. The fourth-order valence-corrected chi connectivity index (χ4v) is 2.04. The molecule has 1 aromatic carbocycles. The first-order chi connectivity index (χ1) is 9.58. The lowest BCUT2D eigenvalue weighted by Crippen LogP contribution is -2.30. The number of pyridine rings is 1. The third kappa shape index (κ3) is 3.84. The van der Waals surface area contributed by atoms with Crippen molar-refractivity contribution in [3.05, 3.63) is 57.8 Å². The van der Waals surface area contributed by atoms with Gasteiger partial charge in [-0.15, -0.1) is 0 Å². The lowest BCUT2D eigenvalue weighted by atomic mass is 10.3. The van der Waals surface area contributed by atoms with Crippen molar-refractivity contribution in [3.63, 3.8) is 0 Å². The number of nitrogens with zero attached hydrogens (tertiary/aromatic N) is 1. The lowest BCUT2D eigenvalue weighted by molar-refractivity contribution is 0.0948. The van der Waals surface area contributed by atoms with Gasteiger partial charge in [-0.3, -0.25) is 10.2 Å². The van der Waals surface area contributed by atoms with Gasteiger partial charge in [-0.1, -0.05) is 29.3 Å². The summed E-state index contributed by atoms with van der Waals surface area (Å²) < 4.78 is 5.53. The van der Waals surface area contributed by atoms with Crippen LogP contribution in [-0.4, -0.2) is 10.9 Å². The minimum atomic E-state index is -0.461. The summed E-state index contributed by atoms with van der Waals surface area (Å²) in [5, 5.41) is 0.966. The van der Waals surface area contributed by atoms with E-state index < -0.39 is 5.91 Å². The molecule has 5 nitrogen and oxygen atoms in total. The summed E-state index contributed by atoms with van der Waals surface area (Å²) in [5.41, 5.74) is 2.83. The van der Waals surface area contributed by atoms with E-state index in [9.17, 15) is 4.79 Å². The van der Waals surface area contributed by atoms with Gasteiger partial charge in [0.25, 0.3) is 5.91 Å². The number of carbonyl (C=O) groups excluding carboxylic acids is 1. The van der Waals surface area contributed by atoms with Gasteiger partial charge in [0.2, 0.25) is 0 Å². The van der Waals surface area contributed by atoms with Crippen molar-refractivity contribution in [1.29, 1.82) is 0 Å². The fraction of sp³-hybridized carbons (Fsp3) is 0.0769. The summed E-state index contributed by atoms with van der Waals surface area (Å²) in [6.45, 7) is 0.183. The molecule has 0 aliphatic carbocycles. The summed E-state index contributed by atoms with van der Waals surface area (Å²) >= 11 is 11.7. The van der Waals surface area contributed by atoms with Gasteiger partial charge in [0.05, 0.1) is 5.69 Å². The molecule has 0 saturated carbocycles. The molecular formula is C13H11Cl2N3O2. The molecule has 3 N–H and O–H groups in total. The van der Waals surface area contributed by atoms with Crippen molar-refractivity contribution in [1.82, 2.24) is 10.4 Å². The van der Waals surface area contributed by atoms with Crippen molar-refractivity contribution in [2.75, 3.05) is 0 Å². The van der Waals surface area contributed by atoms with E-state index in [0.717, 1.165) is 0 Å². The first-order valence-corrected chi connectivity index (χ1v) is 6.40. The predicted octanol–water partition coefficient (Wildman–Crippen LogP) is 2.57. The van der Waals surface area contributed by atoms with Gasteiger partial charge in [-0.2, -0.15) is 0 Å². The Kier molecular flexibility index (Phi) is 4.79. The van der Waals surface area contributed by atoms with Crippen molar-refractivity contribution >= 4 is 29.1 Å². The number of benzene rings is 1. The van der Waals surface area contributed by atoms with E-state index in [-0.39, 0.29) is 12.3 Å².